The molecule has 0 atom stereocenters. The van der Waals surface area contributed by atoms with E-state index in [2.05, 4.69) is 20.8 Å². The summed E-state index contributed by atoms with van der Waals surface area (Å²) >= 11 is 1.53. The van der Waals surface area contributed by atoms with Crippen LogP contribution in [0, 0.1) is 0 Å². The van der Waals surface area contributed by atoms with Crippen LogP contribution < -0.4 is 4.74 Å². The molecule has 0 spiro atoms. The number of aryl methyl sites for hydroxylation is 1. The van der Waals surface area contributed by atoms with Gasteiger partial charge in [-0.15, -0.1) is 11.3 Å². The van der Waals surface area contributed by atoms with Gasteiger partial charge in [0, 0.05) is 16.5 Å². The Hall–Kier alpha value is -1.61. The van der Waals surface area contributed by atoms with Crippen LogP contribution in [0.4, 0.5) is 0 Å². The molecule has 1 aliphatic heterocycles. The van der Waals surface area contributed by atoms with Gasteiger partial charge in [-0.3, -0.25) is 4.79 Å². The Balaban J connectivity index is 2.02. The predicted octanol–water partition coefficient (Wildman–Crippen LogP) is 4.21. The molecular formula is C17H18O2S. The van der Waals surface area contributed by atoms with Crippen molar-refractivity contribution < 1.29 is 9.53 Å². The van der Waals surface area contributed by atoms with E-state index in [0.717, 1.165) is 33.7 Å². The molecule has 0 amide bonds. The maximum Gasteiger partial charge on any atom is 0.203 e. The van der Waals surface area contributed by atoms with Crippen LogP contribution in [0.2, 0.25) is 0 Å². The molecule has 0 saturated heterocycles. The second kappa shape index (κ2) is 4.74. The zero-order valence-corrected chi connectivity index (χ0v) is 12.8. The average molecular weight is 286 g/mol. The van der Waals surface area contributed by atoms with Crippen molar-refractivity contribution in [1.82, 2.24) is 0 Å². The summed E-state index contributed by atoms with van der Waals surface area (Å²) in [6.07, 6.45) is 0.893. The zero-order valence-electron chi connectivity index (χ0n) is 12.0. The van der Waals surface area contributed by atoms with Crippen LogP contribution in [0.25, 0.3) is 0 Å². The van der Waals surface area contributed by atoms with Crippen LogP contribution in [0.15, 0.2) is 29.6 Å². The summed E-state index contributed by atoms with van der Waals surface area (Å²) in [6, 6.07) is 7.85. The topological polar surface area (TPSA) is 26.3 Å². The van der Waals surface area contributed by atoms with Crippen molar-refractivity contribution in [1.29, 1.82) is 0 Å². The molecule has 0 N–H and O–H groups in total. The Morgan fingerprint density at radius 1 is 1.35 bits per heavy atom. The fraction of sp³-hybridized carbons (Fsp3) is 0.353. The molecule has 1 aromatic carbocycles. The van der Waals surface area contributed by atoms with Crippen LogP contribution in [-0.4, -0.2) is 12.4 Å². The summed E-state index contributed by atoms with van der Waals surface area (Å²) in [5, 5.41) is 1.99. The number of ketones is 1. The quantitative estimate of drug-likeness (QED) is 0.790. The monoisotopic (exact) mass is 286 g/mol. The normalized spacial score (nSPS) is 15.8. The van der Waals surface area contributed by atoms with Crippen molar-refractivity contribution in [3.63, 3.8) is 0 Å². The molecule has 3 rings (SSSR count). The minimum absolute atomic E-state index is 0.0192. The van der Waals surface area contributed by atoms with Crippen LogP contribution >= 0.6 is 11.3 Å². The highest BCUT2D eigenvalue weighted by Crippen LogP contribution is 2.39. The van der Waals surface area contributed by atoms with E-state index >= 15 is 0 Å². The minimum Gasteiger partial charge on any atom is -0.492 e. The molecule has 1 aliphatic rings. The maximum absolute atomic E-state index is 12.7. The second-order valence-electron chi connectivity index (χ2n) is 5.84. The zero-order chi connectivity index (χ0) is 14.3. The maximum atomic E-state index is 12.7. The highest BCUT2D eigenvalue weighted by Gasteiger charge is 2.32. The first kappa shape index (κ1) is 13.4. The Labute approximate surface area is 123 Å². The number of rotatable bonds is 3. The van der Waals surface area contributed by atoms with E-state index in [1.165, 1.54) is 11.3 Å². The van der Waals surface area contributed by atoms with E-state index in [9.17, 15) is 4.79 Å². The number of carbonyl (C=O) groups is 1. The molecule has 0 fully saturated rings. The molecule has 0 unspecified atom stereocenters. The Kier molecular flexibility index (Phi) is 3.17. The van der Waals surface area contributed by atoms with Gasteiger partial charge in [0.1, 0.15) is 5.75 Å². The van der Waals surface area contributed by atoms with Gasteiger partial charge in [0.15, 0.2) is 0 Å². The first-order valence-electron chi connectivity index (χ1n) is 6.91. The van der Waals surface area contributed by atoms with E-state index in [-0.39, 0.29) is 11.2 Å². The highest BCUT2D eigenvalue weighted by atomic mass is 32.1. The third kappa shape index (κ3) is 2.06. The van der Waals surface area contributed by atoms with Crippen molar-refractivity contribution in [2.24, 2.45) is 0 Å². The molecule has 1 aromatic heterocycles. The van der Waals surface area contributed by atoms with E-state index in [1.54, 1.807) is 0 Å². The fourth-order valence-corrected chi connectivity index (χ4v) is 3.56. The largest absolute Gasteiger partial charge is 0.492 e. The third-order valence-electron chi connectivity index (χ3n) is 3.89. The van der Waals surface area contributed by atoms with Crippen molar-refractivity contribution in [3.8, 4) is 5.75 Å². The lowest BCUT2D eigenvalue weighted by Gasteiger charge is -2.15. The first-order chi connectivity index (χ1) is 9.53. The molecule has 2 nitrogen and oxygen atoms in total. The Morgan fingerprint density at radius 2 is 2.15 bits per heavy atom. The van der Waals surface area contributed by atoms with Gasteiger partial charge in [-0.2, -0.15) is 0 Å². The number of hydrogen-bond acceptors (Lipinski definition) is 3. The average Bonchev–Trinajstić information content (AvgIpc) is 3.03. The van der Waals surface area contributed by atoms with Gasteiger partial charge < -0.3 is 4.74 Å². The molecular weight excluding hydrogens is 268 g/mol. The van der Waals surface area contributed by atoms with Gasteiger partial charge in [0.25, 0.3) is 0 Å². The molecule has 2 aromatic rings. The van der Waals surface area contributed by atoms with E-state index in [0.29, 0.717) is 6.61 Å². The Morgan fingerprint density at radius 3 is 2.90 bits per heavy atom. The molecule has 0 radical (unpaired) electrons. The number of carbonyl (C=O) groups excluding carboxylic acids is 1. The molecule has 2 heterocycles. The molecule has 0 bridgehead atoms. The lowest BCUT2D eigenvalue weighted by Crippen LogP contribution is -2.18. The van der Waals surface area contributed by atoms with Crippen LogP contribution in [0.1, 0.15) is 47.1 Å². The van der Waals surface area contributed by atoms with Crippen molar-refractivity contribution in [2.75, 3.05) is 6.61 Å². The SMILES string of the molecule is CCc1ccsc1C(=O)c1ccc2c(c1)C(C)(C)CO2. The number of hydrogen-bond donors (Lipinski definition) is 0. The molecule has 0 aliphatic carbocycles. The summed E-state index contributed by atoms with van der Waals surface area (Å²) in [7, 11) is 0. The van der Waals surface area contributed by atoms with Gasteiger partial charge in [0.05, 0.1) is 11.5 Å². The van der Waals surface area contributed by atoms with Crippen molar-refractivity contribution >= 4 is 17.1 Å². The summed E-state index contributed by atoms with van der Waals surface area (Å²) < 4.78 is 5.68. The van der Waals surface area contributed by atoms with Crippen molar-refractivity contribution in [3.05, 3.63) is 51.2 Å². The van der Waals surface area contributed by atoms with Crippen LogP contribution in [0.5, 0.6) is 5.75 Å². The molecule has 0 saturated carbocycles. The van der Waals surface area contributed by atoms with Crippen LogP contribution in [0.3, 0.4) is 0 Å². The highest BCUT2D eigenvalue weighted by molar-refractivity contribution is 7.12. The molecule has 20 heavy (non-hydrogen) atoms. The van der Waals surface area contributed by atoms with Gasteiger partial charge in [0.2, 0.25) is 5.78 Å². The smallest absolute Gasteiger partial charge is 0.203 e. The number of thiophene rings is 1. The predicted molar refractivity (Wildman–Crippen MR) is 82.1 cm³/mol. The lowest BCUT2D eigenvalue weighted by atomic mass is 9.85. The summed E-state index contributed by atoms with van der Waals surface area (Å²) in [6.45, 7) is 7.06. The molecule has 104 valence electrons. The summed E-state index contributed by atoms with van der Waals surface area (Å²) in [5.74, 6) is 1.04. The Bertz CT molecular complexity index is 667. The van der Waals surface area contributed by atoms with E-state index in [1.807, 2.05) is 29.6 Å². The van der Waals surface area contributed by atoms with Crippen LogP contribution in [-0.2, 0) is 11.8 Å². The number of benzene rings is 1. The van der Waals surface area contributed by atoms with Gasteiger partial charge >= 0.3 is 0 Å². The third-order valence-corrected chi connectivity index (χ3v) is 4.85. The standard InChI is InChI=1S/C17H18O2S/c1-4-11-7-8-20-16(11)15(18)12-5-6-14-13(9-12)17(2,3)10-19-14/h5-9H,4,10H2,1-3H3. The van der Waals surface area contributed by atoms with Gasteiger partial charge in [-0.1, -0.05) is 20.8 Å². The van der Waals surface area contributed by atoms with Gasteiger partial charge in [-0.25, -0.2) is 0 Å². The lowest BCUT2D eigenvalue weighted by molar-refractivity contribution is 0.104. The van der Waals surface area contributed by atoms with Crippen molar-refractivity contribution in [2.45, 2.75) is 32.6 Å². The summed E-state index contributed by atoms with van der Waals surface area (Å²) in [5.41, 5.74) is 3.02. The summed E-state index contributed by atoms with van der Waals surface area (Å²) in [4.78, 5) is 13.5. The first-order valence-corrected chi connectivity index (χ1v) is 7.79. The second-order valence-corrected chi connectivity index (χ2v) is 6.76. The fourth-order valence-electron chi connectivity index (χ4n) is 2.61. The number of fused-ring (bicyclic) bond motifs is 1. The van der Waals surface area contributed by atoms with E-state index < -0.39 is 0 Å². The van der Waals surface area contributed by atoms with E-state index in [4.69, 9.17) is 4.74 Å². The number of ether oxygens (including phenoxy) is 1. The molecule has 3 heteroatoms. The minimum atomic E-state index is -0.0192. The van der Waals surface area contributed by atoms with Gasteiger partial charge in [-0.05, 0) is 41.6 Å².